The van der Waals surface area contributed by atoms with Gasteiger partial charge >= 0.3 is 6.09 Å². The fourth-order valence-corrected chi connectivity index (χ4v) is 2.07. The molecule has 2 aromatic rings. The van der Waals surface area contributed by atoms with Crippen LogP contribution in [0.25, 0.3) is 12.2 Å². The molecule has 0 aliphatic carbocycles. The highest BCUT2D eigenvalue weighted by Crippen LogP contribution is 2.34. The van der Waals surface area contributed by atoms with Crippen LogP contribution in [0.15, 0.2) is 25.7 Å². The van der Waals surface area contributed by atoms with Gasteiger partial charge in [-0.2, -0.15) is 0 Å². The van der Waals surface area contributed by atoms with Crippen LogP contribution in [0.2, 0.25) is 0 Å². The van der Waals surface area contributed by atoms with Crippen molar-refractivity contribution in [2.75, 3.05) is 0 Å². The van der Waals surface area contributed by atoms with Gasteiger partial charge in [0, 0.05) is 17.3 Å². The van der Waals surface area contributed by atoms with Crippen LogP contribution in [0.1, 0.15) is 37.6 Å². The van der Waals surface area contributed by atoms with E-state index in [0.717, 1.165) is 4.73 Å². The largest absolute Gasteiger partial charge is 0.492 e. The average Bonchev–Trinajstić information content (AvgIpc) is 3.07. The second-order valence-electron chi connectivity index (χ2n) is 6.20. The molecule has 2 aromatic heterocycles. The van der Waals surface area contributed by atoms with E-state index in [9.17, 15) is 15.0 Å². The molecule has 0 saturated heterocycles. The lowest BCUT2D eigenvalue weighted by atomic mass is 10.2. The number of ether oxygens (including phenoxy) is 1. The zero-order chi connectivity index (χ0) is 18.8. The molecule has 0 bridgehead atoms. The van der Waals surface area contributed by atoms with E-state index in [-0.39, 0.29) is 18.4 Å². The van der Waals surface area contributed by atoms with Gasteiger partial charge < -0.3 is 19.8 Å². The Morgan fingerprint density at radius 2 is 1.80 bits per heavy atom. The highest BCUT2D eigenvalue weighted by molar-refractivity contribution is 5.72. The first-order valence-corrected chi connectivity index (χ1v) is 7.49. The van der Waals surface area contributed by atoms with Gasteiger partial charge in [0.15, 0.2) is 6.61 Å². The van der Waals surface area contributed by atoms with Gasteiger partial charge in [0.25, 0.3) is 0 Å². The molecule has 0 aliphatic rings. The van der Waals surface area contributed by atoms with Gasteiger partial charge in [-0.1, -0.05) is 25.3 Å². The summed E-state index contributed by atoms with van der Waals surface area (Å²) < 4.78 is 7.25. The Labute approximate surface area is 145 Å². The molecule has 0 aromatic carbocycles. The van der Waals surface area contributed by atoms with Gasteiger partial charge in [-0.05, 0) is 20.8 Å². The topological polar surface area (TPSA) is 98.7 Å². The van der Waals surface area contributed by atoms with Gasteiger partial charge in [0.1, 0.15) is 11.9 Å². The van der Waals surface area contributed by atoms with Crippen LogP contribution in [-0.2, 0) is 11.3 Å². The van der Waals surface area contributed by atoms with E-state index in [0.29, 0.717) is 16.8 Å². The van der Waals surface area contributed by atoms with Crippen LogP contribution in [0, 0.1) is 0 Å². The van der Waals surface area contributed by atoms with E-state index in [2.05, 4.69) is 18.1 Å². The van der Waals surface area contributed by atoms with Crippen LogP contribution in [-0.4, -0.2) is 36.2 Å². The van der Waals surface area contributed by atoms with Crippen molar-refractivity contribution in [3.63, 3.8) is 0 Å². The SMILES string of the molecule is C=Cc1c(C=C)c(O)n(OCc2cn(C(=O)OC(C)(C)C)cn2)c1O. The Bertz CT molecular complexity index is 780. The van der Waals surface area contributed by atoms with E-state index in [1.54, 1.807) is 20.8 Å². The molecule has 0 radical (unpaired) electrons. The number of aromatic nitrogens is 3. The summed E-state index contributed by atoms with van der Waals surface area (Å²) in [4.78, 5) is 21.3. The number of aromatic hydroxyl groups is 2. The average molecular weight is 347 g/mol. The molecular formula is C17H21N3O5. The molecule has 0 amide bonds. The monoisotopic (exact) mass is 347 g/mol. The molecule has 2 rings (SSSR count). The molecule has 25 heavy (non-hydrogen) atoms. The summed E-state index contributed by atoms with van der Waals surface area (Å²) in [6.45, 7) is 12.3. The number of imidazole rings is 1. The quantitative estimate of drug-likeness (QED) is 0.863. The lowest BCUT2D eigenvalue weighted by molar-refractivity contribution is 0.0532. The maximum absolute atomic E-state index is 11.9. The second-order valence-corrected chi connectivity index (χ2v) is 6.20. The summed E-state index contributed by atoms with van der Waals surface area (Å²) in [6, 6.07) is 0. The Morgan fingerprint density at radius 1 is 1.24 bits per heavy atom. The molecule has 0 aliphatic heterocycles. The Hall–Kier alpha value is -3.16. The number of hydrogen-bond acceptors (Lipinski definition) is 6. The number of carbonyl (C=O) groups excluding carboxylic acids is 1. The van der Waals surface area contributed by atoms with Crippen LogP contribution in [0.3, 0.4) is 0 Å². The van der Waals surface area contributed by atoms with E-state index in [1.165, 1.54) is 29.2 Å². The Balaban J connectivity index is 2.13. The maximum Gasteiger partial charge on any atom is 0.419 e. The Kier molecular flexibility index (Phi) is 4.92. The van der Waals surface area contributed by atoms with Crippen LogP contribution >= 0.6 is 0 Å². The second kappa shape index (κ2) is 6.76. The molecule has 8 nitrogen and oxygen atoms in total. The summed E-state index contributed by atoms with van der Waals surface area (Å²) in [7, 11) is 0. The van der Waals surface area contributed by atoms with Crippen LogP contribution < -0.4 is 4.84 Å². The van der Waals surface area contributed by atoms with Crippen molar-refractivity contribution in [1.82, 2.24) is 14.3 Å². The third-order valence-corrected chi connectivity index (χ3v) is 3.15. The first-order chi connectivity index (χ1) is 11.7. The highest BCUT2D eigenvalue weighted by Gasteiger charge is 2.21. The van der Waals surface area contributed by atoms with E-state index in [1.807, 2.05) is 0 Å². The molecular weight excluding hydrogens is 326 g/mol. The normalized spacial score (nSPS) is 11.2. The molecule has 0 unspecified atom stereocenters. The summed E-state index contributed by atoms with van der Waals surface area (Å²) in [5.41, 5.74) is 0.375. The zero-order valence-corrected chi connectivity index (χ0v) is 14.4. The van der Waals surface area contributed by atoms with Crippen LogP contribution in [0.4, 0.5) is 4.79 Å². The smallest absolute Gasteiger partial charge is 0.419 e. The fourth-order valence-electron chi connectivity index (χ4n) is 2.07. The van der Waals surface area contributed by atoms with Gasteiger partial charge in [-0.15, -0.1) is 4.73 Å². The van der Waals surface area contributed by atoms with E-state index in [4.69, 9.17) is 9.57 Å². The minimum absolute atomic E-state index is 0.0984. The van der Waals surface area contributed by atoms with E-state index >= 15 is 0 Å². The molecule has 0 fully saturated rings. The molecule has 2 N–H and O–H groups in total. The molecule has 0 saturated carbocycles. The summed E-state index contributed by atoms with van der Waals surface area (Å²) in [6.07, 6.45) is 4.92. The fraction of sp³-hybridized carbons (Fsp3) is 0.294. The number of nitrogens with zero attached hydrogens (tertiary/aromatic N) is 3. The van der Waals surface area contributed by atoms with Gasteiger partial charge in [-0.3, -0.25) is 0 Å². The summed E-state index contributed by atoms with van der Waals surface area (Å²) in [5, 5.41) is 20.2. The standard InChI is InChI=1S/C17H21N3O5/c1-6-12-13(7-2)15(22)20(14(12)21)24-9-11-8-19(10-18-11)16(23)25-17(3,4)5/h6-8,10,21-22H,1-2,9H2,3-5H3. The third kappa shape index (κ3) is 3.85. The highest BCUT2D eigenvalue weighted by atomic mass is 16.7. The minimum Gasteiger partial charge on any atom is -0.492 e. The summed E-state index contributed by atoms with van der Waals surface area (Å²) in [5.74, 6) is -0.622. The molecule has 0 atom stereocenters. The van der Waals surface area contributed by atoms with Crippen molar-refractivity contribution in [3.05, 3.63) is 42.5 Å². The first kappa shape index (κ1) is 18.2. The van der Waals surface area contributed by atoms with Crippen LogP contribution in [0.5, 0.6) is 11.8 Å². The maximum atomic E-state index is 11.9. The lowest BCUT2D eigenvalue weighted by Gasteiger charge is -2.19. The number of hydrogen-bond donors (Lipinski definition) is 2. The predicted molar refractivity (Wildman–Crippen MR) is 92.1 cm³/mol. The Morgan fingerprint density at radius 3 is 2.28 bits per heavy atom. The van der Waals surface area contributed by atoms with Crippen molar-refractivity contribution in [1.29, 1.82) is 0 Å². The molecule has 0 spiro atoms. The minimum atomic E-state index is -0.622. The number of rotatable bonds is 5. The predicted octanol–water partition coefficient (Wildman–Crippen LogP) is 2.79. The van der Waals surface area contributed by atoms with Crippen molar-refractivity contribution in [3.8, 4) is 11.8 Å². The van der Waals surface area contributed by atoms with Gasteiger partial charge in [0.05, 0.1) is 5.69 Å². The lowest BCUT2D eigenvalue weighted by Crippen LogP contribution is -2.26. The van der Waals surface area contributed by atoms with Crippen molar-refractivity contribution < 1.29 is 24.6 Å². The third-order valence-electron chi connectivity index (χ3n) is 3.15. The van der Waals surface area contributed by atoms with E-state index < -0.39 is 11.7 Å². The number of carbonyl (C=O) groups is 1. The van der Waals surface area contributed by atoms with Crippen molar-refractivity contribution >= 4 is 18.2 Å². The van der Waals surface area contributed by atoms with Crippen molar-refractivity contribution in [2.24, 2.45) is 0 Å². The first-order valence-electron chi connectivity index (χ1n) is 7.49. The summed E-state index contributed by atoms with van der Waals surface area (Å²) >= 11 is 0. The molecule has 2 heterocycles. The van der Waals surface area contributed by atoms with Gasteiger partial charge in [-0.25, -0.2) is 14.3 Å². The molecule has 134 valence electrons. The zero-order valence-electron chi connectivity index (χ0n) is 14.4. The van der Waals surface area contributed by atoms with Gasteiger partial charge in [0.2, 0.25) is 11.8 Å². The molecule has 8 heteroatoms. The van der Waals surface area contributed by atoms with Crippen molar-refractivity contribution in [2.45, 2.75) is 33.0 Å².